The van der Waals surface area contributed by atoms with Gasteiger partial charge in [-0.15, -0.1) is 11.6 Å². The van der Waals surface area contributed by atoms with E-state index in [1.807, 2.05) is 0 Å². The lowest BCUT2D eigenvalue weighted by molar-refractivity contribution is -0.134. The normalized spacial score (nSPS) is 9.31. The number of aliphatic hydroxyl groups is 2. The Morgan fingerprint density at radius 1 is 1.38 bits per heavy atom. The van der Waals surface area contributed by atoms with Gasteiger partial charge >= 0.3 is 5.97 Å². The SMILES string of the molecule is CCCCCC(O)O.O=C(O)CCl. The van der Waals surface area contributed by atoms with Crippen molar-refractivity contribution in [1.82, 2.24) is 0 Å². The molecule has 0 saturated carbocycles. The maximum atomic E-state index is 9.24. The molecule has 4 nitrogen and oxygen atoms in total. The Balaban J connectivity index is 0. The van der Waals surface area contributed by atoms with Crippen LogP contribution in [0.1, 0.15) is 32.6 Å². The summed E-state index contributed by atoms with van der Waals surface area (Å²) in [6.45, 7) is 2.09. The number of halogens is 1. The molecule has 0 amide bonds. The maximum absolute atomic E-state index is 9.24. The van der Waals surface area contributed by atoms with Gasteiger partial charge in [-0.1, -0.05) is 19.8 Å². The molecule has 0 aromatic heterocycles. The van der Waals surface area contributed by atoms with E-state index in [-0.39, 0.29) is 5.88 Å². The average molecular weight is 213 g/mol. The van der Waals surface area contributed by atoms with E-state index in [9.17, 15) is 4.79 Å². The van der Waals surface area contributed by atoms with Gasteiger partial charge in [-0.3, -0.25) is 4.79 Å². The molecule has 0 fully saturated rings. The highest BCUT2D eigenvalue weighted by atomic mass is 35.5. The van der Waals surface area contributed by atoms with Crippen molar-refractivity contribution >= 4 is 17.6 Å². The van der Waals surface area contributed by atoms with E-state index in [0.29, 0.717) is 6.42 Å². The highest BCUT2D eigenvalue weighted by Gasteiger charge is 1.93. The van der Waals surface area contributed by atoms with E-state index in [0.717, 1.165) is 19.3 Å². The number of hydrogen-bond acceptors (Lipinski definition) is 3. The molecule has 0 aromatic rings. The summed E-state index contributed by atoms with van der Waals surface area (Å²) in [5, 5.41) is 24.3. The lowest BCUT2D eigenvalue weighted by Gasteiger charge is -1.99. The first kappa shape index (κ1) is 15.2. The fourth-order valence-corrected chi connectivity index (χ4v) is 0.577. The van der Waals surface area contributed by atoms with Crippen LogP contribution in [0.3, 0.4) is 0 Å². The molecular formula is C8H17ClO4. The largest absolute Gasteiger partial charge is 0.480 e. The summed E-state index contributed by atoms with van der Waals surface area (Å²) in [6, 6.07) is 0. The van der Waals surface area contributed by atoms with Gasteiger partial charge in [0, 0.05) is 0 Å². The Labute approximate surface area is 83.1 Å². The second-order valence-corrected chi connectivity index (χ2v) is 2.77. The van der Waals surface area contributed by atoms with Gasteiger partial charge in [0.15, 0.2) is 6.29 Å². The van der Waals surface area contributed by atoms with Crippen LogP contribution in [0.5, 0.6) is 0 Å². The summed E-state index contributed by atoms with van der Waals surface area (Å²) in [5.74, 6) is -1.29. The Morgan fingerprint density at radius 2 is 1.85 bits per heavy atom. The molecule has 0 aliphatic rings. The van der Waals surface area contributed by atoms with Gasteiger partial charge in [-0.05, 0) is 12.8 Å². The first-order valence-electron chi connectivity index (χ1n) is 4.18. The van der Waals surface area contributed by atoms with Gasteiger partial charge < -0.3 is 15.3 Å². The van der Waals surface area contributed by atoms with Gasteiger partial charge in [0.1, 0.15) is 5.88 Å². The number of carbonyl (C=O) groups is 1. The number of carboxylic acids is 1. The van der Waals surface area contributed by atoms with Gasteiger partial charge in [-0.2, -0.15) is 0 Å². The average Bonchev–Trinajstić information content (AvgIpc) is 2.05. The van der Waals surface area contributed by atoms with Crippen molar-refractivity contribution in [1.29, 1.82) is 0 Å². The minimum atomic E-state index is -1.10. The molecule has 0 radical (unpaired) electrons. The summed E-state index contributed by atoms with van der Waals surface area (Å²) in [6.07, 6.45) is 2.58. The van der Waals surface area contributed by atoms with E-state index in [1.54, 1.807) is 0 Å². The molecule has 0 unspecified atom stereocenters. The predicted molar refractivity (Wildman–Crippen MR) is 50.7 cm³/mol. The third-order valence-corrected chi connectivity index (χ3v) is 1.41. The van der Waals surface area contributed by atoms with Crippen molar-refractivity contribution in [3.05, 3.63) is 0 Å². The van der Waals surface area contributed by atoms with E-state index >= 15 is 0 Å². The second kappa shape index (κ2) is 11.7. The molecule has 0 aromatic carbocycles. The van der Waals surface area contributed by atoms with Crippen LogP contribution in [0.15, 0.2) is 0 Å². The number of alkyl halides is 1. The first-order valence-corrected chi connectivity index (χ1v) is 4.71. The zero-order chi connectivity index (χ0) is 10.7. The summed E-state index contributed by atoms with van der Waals surface area (Å²) in [7, 11) is 0. The number of aliphatic hydroxyl groups excluding tert-OH is 1. The molecule has 80 valence electrons. The Hall–Kier alpha value is -0.320. The van der Waals surface area contributed by atoms with Crippen molar-refractivity contribution < 1.29 is 20.1 Å². The molecule has 5 heteroatoms. The highest BCUT2D eigenvalue weighted by Crippen LogP contribution is 1.99. The highest BCUT2D eigenvalue weighted by molar-refractivity contribution is 6.26. The van der Waals surface area contributed by atoms with Crippen LogP contribution >= 0.6 is 11.6 Å². The maximum Gasteiger partial charge on any atom is 0.318 e. The zero-order valence-corrected chi connectivity index (χ0v) is 8.50. The van der Waals surface area contributed by atoms with E-state index < -0.39 is 12.3 Å². The van der Waals surface area contributed by atoms with Crippen molar-refractivity contribution in [2.24, 2.45) is 0 Å². The van der Waals surface area contributed by atoms with Gasteiger partial charge in [0.2, 0.25) is 0 Å². The van der Waals surface area contributed by atoms with E-state index in [4.69, 9.17) is 26.9 Å². The molecule has 3 N–H and O–H groups in total. The smallest absolute Gasteiger partial charge is 0.318 e. The predicted octanol–water partition coefficient (Wildman–Crippen LogP) is 1.19. The van der Waals surface area contributed by atoms with Gasteiger partial charge in [-0.25, -0.2) is 0 Å². The Kier molecular flexibility index (Phi) is 13.6. The van der Waals surface area contributed by atoms with Crippen LogP contribution in [-0.2, 0) is 4.79 Å². The number of aliphatic carboxylic acids is 1. The Morgan fingerprint density at radius 3 is 2.08 bits per heavy atom. The summed E-state index contributed by atoms with van der Waals surface area (Å²) in [4.78, 5) is 9.24. The molecule has 0 spiro atoms. The van der Waals surface area contributed by atoms with E-state index in [2.05, 4.69) is 6.92 Å². The van der Waals surface area contributed by atoms with E-state index in [1.165, 1.54) is 0 Å². The molecule has 0 saturated heterocycles. The molecule has 0 aliphatic heterocycles. The quantitative estimate of drug-likeness (QED) is 0.363. The van der Waals surface area contributed by atoms with Crippen LogP contribution in [0.2, 0.25) is 0 Å². The number of carboxylic acid groups (broad SMARTS) is 1. The zero-order valence-electron chi connectivity index (χ0n) is 7.74. The first-order chi connectivity index (χ1) is 6.04. The van der Waals surface area contributed by atoms with Crippen molar-refractivity contribution in [3.63, 3.8) is 0 Å². The third-order valence-electron chi connectivity index (χ3n) is 1.18. The molecule has 0 rings (SSSR count). The monoisotopic (exact) mass is 212 g/mol. The van der Waals surface area contributed by atoms with Gasteiger partial charge in [0.05, 0.1) is 0 Å². The van der Waals surface area contributed by atoms with Crippen molar-refractivity contribution in [2.75, 3.05) is 5.88 Å². The number of hydrogen-bond donors (Lipinski definition) is 3. The fraction of sp³-hybridized carbons (Fsp3) is 0.875. The van der Waals surface area contributed by atoms with Crippen molar-refractivity contribution in [2.45, 2.75) is 38.9 Å². The van der Waals surface area contributed by atoms with Crippen LogP contribution in [-0.4, -0.2) is 33.5 Å². The standard InChI is InChI=1S/C6H14O2.C2H3ClO2/c1-2-3-4-5-6(7)8;3-1-2(4)5/h6-8H,2-5H2,1H3;1H2,(H,4,5). The topological polar surface area (TPSA) is 77.8 Å². The summed E-state index contributed by atoms with van der Waals surface area (Å²) < 4.78 is 0. The third kappa shape index (κ3) is 24.5. The van der Waals surface area contributed by atoms with Crippen LogP contribution in [0.25, 0.3) is 0 Å². The fourth-order valence-electron chi connectivity index (χ4n) is 0.577. The van der Waals surface area contributed by atoms with Crippen LogP contribution in [0.4, 0.5) is 0 Å². The minimum Gasteiger partial charge on any atom is -0.480 e. The molecule has 13 heavy (non-hydrogen) atoms. The molecule has 0 heterocycles. The lowest BCUT2D eigenvalue weighted by atomic mass is 10.2. The molecule has 0 bridgehead atoms. The van der Waals surface area contributed by atoms with Crippen LogP contribution in [0, 0.1) is 0 Å². The molecular weight excluding hydrogens is 196 g/mol. The summed E-state index contributed by atoms with van der Waals surface area (Å²) in [5.41, 5.74) is 0. The molecule has 0 atom stereocenters. The lowest BCUT2D eigenvalue weighted by Crippen LogP contribution is -2.02. The molecule has 0 aliphatic carbocycles. The van der Waals surface area contributed by atoms with Crippen LogP contribution < -0.4 is 0 Å². The Bertz CT molecular complexity index is 117. The minimum absolute atomic E-state index is 0.306. The number of rotatable bonds is 5. The second-order valence-electron chi connectivity index (χ2n) is 2.50. The number of unbranched alkanes of at least 4 members (excludes halogenated alkanes) is 2. The van der Waals surface area contributed by atoms with Gasteiger partial charge in [0.25, 0.3) is 0 Å². The van der Waals surface area contributed by atoms with Crippen molar-refractivity contribution in [3.8, 4) is 0 Å². The summed E-state index contributed by atoms with van der Waals surface area (Å²) >= 11 is 4.74.